The van der Waals surface area contributed by atoms with Crippen molar-refractivity contribution in [2.24, 2.45) is 5.73 Å². The Morgan fingerprint density at radius 1 is 0.745 bits per heavy atom. The fraction of sp³-hybridized carbons (Fsp3) is 0.279. The second-order valence-electron chi connectivity index (χ2n) is 14.0. The molecule has 6 rings (SSSR count). The normalized spacial score (nSPS) is 12.7. The van der Waals surface area contributed by atoms with E-state index in [1.807, 2.05) is 45.3 Å². The summed E-state index contributed by atoms with van der Waals surface area (Å²) in [5, 5.41) is 2.99. The molecule has 0 aliphatic rings. The molecule has 0 bridgehead atoms. The van der Waals surface area contributed by atoms with Gasteiger partial charge in [0.05, 0.1) is 23.5 Å². The average molecular weight is 681 g/mol. The first kappa shape index (κ1) is 35.4. The number of nitrogens with one attached hydrogen (secondary N) is 3. The van der Waals surface area contributed by atoms with Crippen LogP contribution in [0.3, 0.4) is 0 Å². The highest BCUT2D eigenvalue weighted by atomic mass is 16.6. The molecular weight excluding hydrogens is 633 g/mol. The lowest BCUT2D eigenvalue weighted by Crippen LogP contribution is -2.35. The maximum Gasteiger partial charge on any atom is 0.408 e. The van der Waals surface area contributed by atoms with E-state index < -0.39 is 11.7 Å². The molecule has 51 heavy (non-hydrogen) atoms. The minimum atomic E-state index is -0.577. The van der Waals surface area contributed by atoms with Gasteiger partial charge in [-0.1, -0.05) is 110 Å². The SMILES string of the molecule is CCC[C@@H](NC(=O)OC(C)(C)C)c1nc(-c2ccc(-c3ccccc3)c(CCCC(N)c3nc(-c4ccc(-c5ccccc5)cc4)c[nH]3)c2)c[nH]1. The molecule has 2 atom stereocenters. The van der Waals surface area contributed by atoms with Crippen molar-refractivity contribution in [2.75, 3.05) is 0 Å². The second-order valence-corrected chi connectivity index (χ2v) is 14.0. The molecular formula is C43H48N6O2. The molecule has 8 nitrogen and oxygen atoms in total. The van der Waals surface area contributed by atoms with E-state index in [-0.39, 0.29) is 12.1 Å². The highest BCUT2D eigenvalue weighted by Gasteiger charge is 2.22. The first-order valence-corrected chi connectivity index (χ1v) is 17.9. The van der Waals surface area contributed by atoms with Crippen molar-refractivity contribution in [1.82, 2.24) is 25.3 Å². The van der Waals surface area contributed by atoms with Crippen molar-refractivity contribution in [3.05, 3.63) is 133 Å². The zero-order chi connectivity index (χ0) is 35.8. The topological polar surface area (TPSA) is 122 Å². The Bertz CT molecular complexity index is 2010. The monoisotopic (exact) mass is 680 g/mol. The van der Waals surface area contributed by atoms with Gasteiger partial charge in [-0.05, 0) is 80.3 Å². The number of hydrogen-bond acceptors (Lipinski definition) is 5. The minimum absolute atomic E-state index is 0.215. The Balaban J connectivity index is 1.15. The molecule has 0 saturated carbocycles. The maximum absolute atomic E-state index is 12.6. The number of nitrogens with two attached hydrogens (primary N) is 1. The zero-order valence-electron chi connectivity index (χ0n) is 29.9. The number of benzene rings is 4. The largest absolute Gasteiger partial charge is 0.444 e. The first-order valence-electron chi connectivity index (χ1n) is 17.9. The van der Waals surface area contributed by atoms with Crippen LogP contribution in [-0.4, -0.2) is 31.6 Å². The van der Waals surface area contributed by atoms with Crippen molar-refractivity contribution in [2.45, 2.75) is 77.5 Å². The van der Waals surface area contributed by atoms with Crippen LogP contribution >= 0.6 is 0 Å². The summed E-state index contributed by atoms with van der Waals surface area (Å²) in [5.74, 6) is 1.50. The van der Waals surface area contributed by atoms with E-state index in [2.05, 4.69) is 113 Å². The lowest BCUT2D eigenvalue weighted by Gasteiger charge is -2.22. The van der Waals surface area contributed by atoms with Gasteiger partial charge in [-0.25, -0.2) is 14.8 Å². The molecule has 1 amide bonds. The number of alkyl carbamates (subject to hydrolysis) is 1. The van der Waals surface area contributed by atoms with Gasteiger partial charge in [-0.2, -0.15) is 0 Å². The quantitative estimate of drug-likeness (QED) is 0.0967. The number of hydrogen-bond donors (Lipinski definition) is 4. The number of aromatic nitrogens is 4. The van der Waals surface area contributed by atoms with Crippen LogP contribution in [0, 0.1) is 0 Å². The molecule has 0 fully saturated rings. The Morgan fingerprint density at radius 3 is 1.98 bits per heavy atom. The van der Waals surface area contributed by atoms with E-state index >= 15 is 0 Å². The number of aryl methyl sites for hydroxylation is 1. The van der Waals surface area contributed by atoms with Crippen molar-refractivity contribution < 1.29 is 9.53 Å². The maximum atomic E-state index is 12.6. The van der Waals surface area contributed by atoms with Gasteiger partial charge in [0, 0.05) is 23.5 Å². The van der Waals surface area contributed by atoms with Gasteiger partial charge in [0.1, 0.15) is 17.2 Å². The summed E-state index contributed by atoms with van der Waals surface area (Å²) in [7, 11) is 0. The van der Waals surface area contributed by atoms with Crippen molar-refractivity contribution in [3.63, 3.8) is 0 Å². The van der Waals surface area contributed by atoms with Gasteiger partial charge >= 0.3 is 6.09 Å². The number of amides is 1. The number of ether oxygens (including phenoxy) is 1. The number of carbonyl (C=O) groups excluding carboxylic acids is 1. The highest BCUT2D eigenvalue weighted by Crippen LogP contribution is 2.31. The van der Waals surface area contributed by atoms with Crippen LogP contribution in [-0.2, 0) is 11.2 Å². The van der Waals surface area contributed by atoms with E-state index in [0.717, 1.165) is 60.4 Å². The van der Waals surface area contributed by atoms with Crippen LogP contribution in [0.5, 0.6) is 0 Å². The summed E-state index contributed by atoms with van der Waals surface area (Å²) >= 11 is 0. The standard InChI is InChI=1S/C43H48N6O2/c1-5-13-37(49-42(50)51-43(2,3)4)41-46-28-39(48-41)34-24-25-35(31-16-10-7-11-17-31)33(26-34)18-12-19-36(44)40-45-27-38(47-40)32-22-20-30(21-23-32)29-14-8-6-9-15-29/h6-11,14-17,20-28,36-37H,5,12-13,18-19,44H2,1-4H3,(H,45,47)(H,46,48)(H,49,50)/t36?,37-/m1/s1. The molecule has 2 aromatic heterocycles. The first-order chi connectivity index (χ1) is 24.7. The summed E-state index contributed by atoms with van der Waals surface area (Å²) in [6.45, 7) is 7.66. The Hall–Kier alpha value is -5.47. The number of carbonyl (C=O) groups is 1. The van der Waals surface area contributed by atoms with Gasteiger partial charge in [0.2, 0.25) is 0 Å². The van der Waals surface area contributed by atoms with Crippen molar-refractivity contribution in [1.29, 1.82) is 0 Å². The lowest BCUT2D eigenvalue weighted by molar-refractivity contribution is 0.0498. The van der Waals surface area contributed by atoms with Crippen LogP contribution in [0.15, 0.2) is 116 Å². The molecule has 6 aromatic rings. The molecule has 1 unspecified atom stereocenters. The molecule has 0 aliphatic carbocycles. The molecule has 5 N–H and O–H groups in total. The predicted octanol–water partition coefficient (Wildman–Crippen LogP) is 10.2. The molecule has 8 heteroatoms. The fourth-order valence-corrected chi connectivity index (χ4v) is 6.33. The van der Waals surface area contributed by atoms with E-state index in [1.165, 1.54) is 27.8 Å². The van der Waals surface area contributed by atoms with E-state index in [1.54, 1.807) is 0 Å². The lowest BCUT2D eigenvalue weighted by atomic mass is 9.93. The second kappa shape index (κ2) is 16.0. The molecule has 0 aliphatic heterocycles. The van der Waals surface area contributed by atoms with Crippen LogP contribution in [0.25, 0.3) is 44.8 Å². The minimum Gasteiger partial charge on any atom is -0.444 e. The van der Waals surface area contributed by atoms with Gasteiger partial charge in [0.15, 0.2) is 0 Å². The van der Waals surface area contributed by atoms with Crippen molar-refractivity contribution in [3.8, 4) is 44.8 Å². The fourth-order valence-electron chi connectivity index (χ4n) is 6.33. The predicted molar refractivity (Wildman–Crippen MR) is 206 cm³/mol. The number of imidazole rings is 2. The van der Waals surface area contributed by atoms with Gasteiger partial charge < -0.3 is 25.8 Å². The number of aromatic amines is 2. The van der Waals surface area contributed by atoms with Gasteiger partial charge in [-0.15, -0.1) is 0 Å². The van der Waals surface area contributed by atoms with Crippen LogP contribution in [0.1, 0.15) is 82.7 Å². The molecule has 0 radical (unpaired) electrons. The Labute approximate surface area is 300 Å². The van der Waals surface area contributed by atoms with Crippen LogP contribution in [0.4, 0.5) is 4.79 Å². The molecule has 0 spiro atoms. The summed E-state index contributed by atoms with van der Waals surface area (Å²) in [6, 6.07) is 35.3. The Morgan fingerprint density at radius 2 is 1.31 bits per heavy atom. The Kier molecular flexibility index (Phi) is 11.1. The summed E-state index contributed by atoms with van der Waals surface area (Å²) in [4.78, 5) is 29.0. The third-order valence-electron chi connectivity index (χ3n) is 8.88. The third kappa shape index (κ3) is 9.21. The average Bonchev–Trinajstić information content (AvgIpc) is 3.83. The molecule has 4 aromatic carbocycles. The van der Waals surface area contributed by atoms with Gasteiger partial charge in [0.25, 0.3) is 0 Å². The van der Waals surface area contributed by atoms with Crippen LogP contribution in [0.2, 0.25) is 0 Å². The van der Waals surface area contributed by atoms with E-state index in [4.69, 9.17) is 20.4 Å². The highest BCUT2D eigenvalue weighted by molar-refractivity contribution is 5.73. The van der Waals surface area contributed by atoms with Gasteiger partial charge in [-0.3, -0.25) is 0 Å². The summed E-state index contributed by atoms with van der Waals surface area (Å²) < 4.78 is 5.51. The number of H-pyrrole nitrogens is 2. The third-order valence-corrected chi connectivity index (χ3v) is 8.88. The number of nitrogens with zero attached hydrogens (tertiary/aromatic N) is 2. The van der Waals surface area contributed by atoms with E-state index in [0.29, 0.717) is 5.82 Å². The van der Waals surface area contributed by atoms with E-state index in [9.17, 15) is 4.79 Å². The summed E-state index contributed by atoms with van der Waals surface area (Å²) in [5.41, 5.74) is 15.9. The summed E-state index contributed by atoms with van der Waals surface area (Å²) in [6.07, 6.45) is 7.53. The molecule has 2 heterocycles. The zero-order valence-corrected chi connectivity index (χ0v) is 29.9. The van der Waals surface area contributed by atoms with Crippen LogP contribution < -0.4 is 11.1 Å². The van der Waals surface area contributed by atoms with Crippen molar-refractivity contribution >= 4 is 6.09 Å². The number of rotatable bonds is 13. The molecule has 0 saturated heterocycles. The molecule has 262 valence electrons. The smallest absolute Gasteiger partial charge is 0.408 e.